The van der Waals surface area contributed by atoms with Crippen molar-refractivity contribution in [2.24, 2.45) is 17.0 Å². The summed E-state index contributed by atoms with van der Waals surface area (Å²) in [5, 5.41) is 4.02. The summed E-state index contributed by atoms with van der Waals surface area (Å²) >= 11 is 4.52. The lowest BCUT2D eigenvalue weighted by molar-refractivity contribution is -0.134. The first-order valence-electron chi connectivity index (χ1n) is 8.81. The fourth-order valence-corrected chi connectivity index (χ4v) is 4.28. The SMILES string of the molecule is CCCC(=NOCC=CCl)[C@H]1C(=O)C[C@H](CC(C)[S+]([O-])CC)CC1=O. The van der Waals surface area contributed by atoms with Gasteiger partial charge in [-0.3, -0.25) is 9.59 Å². The minimum Gasteiger partial charge on any atom is -0.616 e. The van der Waals surface area contributed by atoms with Crippen molar-refractivity contribution in [1.82, 2.24) is 0 Å². The molecule has 0 bridgehead atoms. The molecule has 1 rings (SSSR count). The molecule has 0 aromatic rings. The normalized spacial score (nSPS) is 24.6. The maximum atomic E-state index is 12.6. The molecule has 2 unspecified atom stereocenters. The molecular formula is C18H28ClNO4S. The molecule has 2 atom stereocenters. The van der Waals surface area contributed by atoms with Gasteiger partial charge in [-0.05, 0) is 38.7 Å². The largest absolute Gasteiger partial charge is 0.616 e. The Labute approximate surface area is 158 Å². The number of oxime groups is 1. The highest BCUT2D eigenvalue weighted by molar-refractivity contribution is 7.91. The molecule has 0 amide bonds. The zero-order chi connectivity index (χ0) is 18.8. The Morgan fingerprint density at radius 3 is 2.56 bits per heavy atom. The van der Waals surface area contributed by atoms with Crippen LogP contribution in [0.4, 0.5) is 0 Å². The lowest BCUT2D eigenvalue weighted by Crippen LogP contribution is -2.40. The number of nitrogens with zero attached hydrogens (tertiary/aromatic N) is 1. The van der Waals surface area contributed by atoms with Gasteiger partial charge in [-0.15, -0.1) is 0 Å². The van der Waals surface area contributed by atoms with E-state index < -0.39 is 17.1 Å². The van der Waals surface area contributed by atoms with Crippen molar-refractivity contribution in [2.45, 2.75) is 58.1 Å². The maximum Gasteiger partial charge on any atom is 0.149 e. The smallest absolute Gasteiger partial charge is 0.149 e. The van der Waals surface area contributed by atoms with E-state index in [4.69, 9.17) is 16.4 Å². The van der Waals surface area contributed by atoms with Gasteiger partial charge in [-0.25, -0.2) is 0 Å². The van der Waals surface area contributed by atoms with Crippen molar-refractivity contribution in [3.8, 4) is 0 Å². The van der Waals surface area contributed by atoms with E-state index in [9.17, 15) is 14.1 Å². The van der Waals surface area contributed by atoms with E-state index >= 15 is 0 Å². The van der Waals surface area contributed by atoms with Gasteiger partial charge in [-0.2, -0.15) is 0 Å². The molecule has 7 heteroatoms. The molecule has 0 radical (unpaired) electrons. The van der Waals surface area contributed by atoms with Gasteiger partial charge in [0.2, 0.25) is 0 Å². The number of carbonyl (C=O) groups is 2. The molecule has 0 aromatic carbocycles. The first-order valence-corrected chi connectivity index (χ1v) is 10.6. The minimum absolute atomic E-state index is 0.00148. The number of rotatable bonds is 10. The van der Waals surface area contributed by atoms with Crippen molar-refractivity contribution < 1.29 is 19.0 Å². The van der Waals surface area contributed by atoms with Crippen LogP contribution < -0.4 is 0 Å². The van der Waals surface area contributed by atoms with Crippen molar-refractivity contribution >= 4 is 40.1 Å². The molecule has 142 valence electrons. The summed E-state index contributed by atoms with van der Waals surface area (Å²) in [6.45, 7) is 5.97. The molecule has 1 aliphatic carbocycles. The third-order valence-corrected chi connectivity index (χ3v) is 6.14. The Morgan fingerprint density at radius 1 is 1.40 bits per heavy atom. The summed E-state index contributed by atoms with van der Waals surface area (Å²) in [6, 6.07) is 0. The summed E-state index contributed by atoms with van der Waals surface area (Å²) in [5.41, 5.74) is 1.84. The van der Waals surface area contributed by atoms with Crippen molar-refractivity contribution in [1.29, 1.82) is 0 Å². The van der Waals surface area contributed by atoms with Crippen LogP contribution in [0.1, 0.15) is 52.9 Å². The highest BCUT2D eigenvalue weighted by Crippen LogP contribution is 2.30. The van der Waals surface area contributed by atoms with E-state index in [1.807, 2.05) is 20.8 Å². The van der Waals surface area contributed by atoms with E-state index in [-0.39, 0.29) is 29.3 Å². The van der Waals surface area contributed by atoms with Crippen LogP contribution in [-0.2, 0) is 25.6 Å². The number of hydrogen-bond acceptors (Lipinski definition) is 5. The Bertz CT molecular complexity index is 491. The molecule has 0 saturated heterocycles. The molecule has 1 saturated carbocycles. The van der Waals surface area contributed by atoms with E-state index in [0.29, 0.717) is 37.1 Å². The monoisotopic (exact) mass is 389 g/mol. The summed E-state index contributed by atoms with van der Waals surface area (Å²) in [5.74, 6) is -0.411. The van der Waals surface area contributed by atoms with Crippen LogP contribution in [0.3, 0.4) is 0 Å². The van der Waals surface area contributed by atoms with Crippen LogP contribution in [-0.4, -0.2) is 39.4 Å². The fourth-order valence-electron chi connectivity index (χ4n) is 3.15. The summed E-state index contributed by atoms with van der Waals surface area (Å²) in [7, 11) is 0. The second kappa shape index (κ2) is 11.7. The minimum atomic E-state index is -0.906. The predicted octanol–water partition coefficient (Wildman–Crippen LogP) is 3.62. The van der Waals surface area contributed by atoms with Crippen LogP contribution in [0.2, 0.25) is 0 Å². The van der Waals surface area contributed by atoms with E-state index in [1.54, 1.807) is 6.08 Å². The van der Waals surface area contributed by atoms with Crippen LogP contribution in [0.5, 0.6) is 0 Å². The van der Waals surface area contributed by atoms with Gasteiger partial charge in [0.15, 0.2) is 0 Å². The van der Waals surface area contributed by atoms with E-state index in [2.05, 4.69) is 5.16 Å². The lowest BCUT2D eigenvalue weighted by atomic mass is 9.75. The average Bonchev–Trinajstić information content (AvgIpc) is 2.57. The molecular weight excluding hydrogens is 362 g/mol. The van der Waals surface area contributed by atoms with E-state index in [1.165, 1.54) is 5.54 Å². The predicted molar refractivity (Wildman–Crippen MR) is 102 cm³/mol. The summed E-state index contributed by atoms with van der Waals surface area (Å²) < 4.78 is 11.9. The van der Waals surface area contributed by atoms with Crippen LogP contribution in [0, 0.1) is 11.8 Å². The first kappa shape index (κ1) is 22.2. The molecule has 0 N–H and O–H groups in total. The van der Waals surface area contributed by atoms with Gasteiger partial charge in [0, 0.05) is 18.4 Å². The molecule has 25 heavy (non-hydrogen) atoms. The van der Waals surface area contributed by atoms with Gasteiger partial charge in [0.05, 0.1) is 5.71 Å². The molecule has 1 fully saturated rings. The van der Waals surface area contributed by atoms with E-state index in [0.717, 1.165) is 6.42 Å². The Balaban J connectivity index is 2.76. The van der Waals surface area contributed by atoms with Crippen molar-refractivity contribution in [2.75, 3.05) is 12.4 Å². The summed E-state index contributed by atoms with van der Waals surface area (Å²) in [6.07, 6.45) is 4.23. The number of halogens is 1. The van der Waals surface area contributed by atoms with Gasteiger partial charge >= 0.3 is 0 Å². The Morgan fingerprint density at radius 2 is 2.04 bits per heavy atom. The Hall–Kier alpha value is -0.850. The number of Topliss-reactive ketones (excluding diaryl/α,β-unsaturated/α-hetero) is 2. The van der Waals surface area contributed by atoms with Crippen molar-refractivity contribution in [3.63, 3.8) is 0 Å². The molecule has 0 heterocycles. The molecule has 5 nitrogen and oxygen atoms in total. The van der Waals surface area contributed by atoms with Gasteiger partial charge < -0.3 is 9.39 Å². The summed E-state index contributed by atoms with van der Waals surface area (Å²) in [4.78, 5) is 30.3. The highest BCUT2D eigenvalue weighted by atomic mass is 35.5. The second-order valence-electron chi connectivity index (χ2n) is 6.35. The van der Waals surface area contributed by atoms with Gasteiger partial charge in [0.1, 0.15) is 35.1 Å². The van der Waals surface area contributed by atoms with Crippen LogP contribution in [0.15, 0.2) is 16.8 Å². The van der Waals surface area contributed by atoms with Crippen LogP contribution >= 0.6 is 11.6 Å². The van der Waals surface area contributed by atoms with Gasteiger partial charge in [-0.1, -0.05) is 41.3 Å². The number of ketones is 2. The molecule has 0 aliphatic heterocycles. The van der Waals surface area contributed by atoms with Crippen molar-refractivity contribution in [3.05, 3.63) is 11.6 Å². The Kier molecular flexibility index (Phi) is 10.4. The quantitative estimate of drug-likeness (QED) is 0.188. The zero-order valence-electron chi connectivity index (χ0n) is 15.2. The average molecular weight is 390 g/mol. The zero-order valence-corrected chi connectivity index (χ0v) is 16.8. The number of hydrogen-bond donors (Lipinski definition) is 0. The third-order valence-electron chi connectivity index (χ3n) is 4.30. The third kappa shape index (κ3) is 7.12. The fraction of sp³-hybridized carbons (Fsp3) is 0.722. The van der Waals surface area contributed by atoms with Crippen LogP contribution in [0.25, 0.3) is 0 Å². The highest BCUT2D eigenvalue weighted by Gasteiger charge is 2.39. The lowest BCUT2D eigenvalue weighted by Gasteiger charge is -2.29. The van der Waals surface area contributed by atoms with Gasteiger partial charge in [0.25, 0.3) is 0 Å². The molecule has 0 aromatic heterocycles. The second-order valence-corrected chi connectivity index (χ2v) is 8.74. The first-order chi connectivity index (χ1) is 11.9. The molecule has 1 aliphatic rings. The topological polar surface area (TPSA) is 78.8 Å². The standard InChI is InChI=1S/C18H28ClNO4S/c1-4-7-15(20-24-9-6-8-19)18-16(21)11-14(12-17(18)22)10-13(3)25(23)5-2/h6,8,13-14,18H,4-5,7,9-12H2,1-3H3/t13?,14-,18-,25?. The number of carbonyl (C=O) groups excluding carboxylic acids is 2. The maximum absolute atomic E-state index is 12.6. The molecule has 0 spiro atoms.